The van der Waals surface area contributed by atoms with E-state index in [1.807, 2.05) is 0 Å². The number of morpholine rings is 1. The number of hydrogen-bond donors (Lipinski definition) is 1. The number of nitrogens with zero attached hydrogens (tertiary/aromatic N) is 2. The quantitative estimate of drug-likeness (QED) is 0.617. The summed E-state index contributed by atoms with van der Waals surface area (Å²) in [6.45, 7) is 3.58. The van der Waals surface area contributed by atoms with Crippen LogP contribution >= 0.6 is 0 Å². The molecule has 0 aliphatic carbocycles. The van der Waals surface area contributed by atoms with Crippen LogP contribution in [-0.4, -0.2) is 60.4 Å². The number of nitro benzene ring substituents is 1. The van der Waals surface area contributed by atoms with Gasteiger partial charge in [0.1, 0.15) is 12.2 Å². The highest BCUT2D eigenvalue weighted by Gasteiger charge is 2.23. The van der Waals surface area contributed by atoms with Crippen LogP contribution in [0.25, 0.3) is 0 Å². The number of aromatic carboxylic acids is 1. The molecule has 0 spiro atoms. The van der Waals surface area contributed by atoms with E-state index in [-0.39, 0.29) is 23.6 Å². The third kappa shape index (κ3) is 3.89. The number of para-hydroxylation sites is 1. The molecule has 0 saturated carbocycles. The van der Waals surface area contributed by atoms with Gasteiger partial charge in [0, 0.05) is 25.7 Å². The van der Waals surface area contributed by atoms with Crippen molar-refractivity contribution < 1.29 is 24.3 Å². The Balaban J connectivity index is 2.06. The molecule has 1 aromatic carbocycles. The molecule has 1 fully saturated rings. The molecule has 21 heavy (non-hydrogen) atoms. The van der Waals surface area contributed by atoms with Gasteiger partial charge in [-0.15, -0.1) is 0 Å². The second-order valence-corrected chi connectivity index (χ2v) is 4.52. The first-order valence-corrected chi connectivity index (χ1v) is 6.53. The van der Waals surface area contributed by atoms with Crippen molar-refractivity contribution >= 4 is 11.7 Å². The molecule has 0 radical (unpaired) electrons. The lowest BCUT2D eigenvalue weighted by Crippen LogP contribution is -2.38. The third-order valence-electron chi connectivity index (χ3n) is 3.18. The summed E-state index contributed by atoms with van der Waals surface area (Å²) in [6, 6.07) is 3.85. The molecule has 8 heteroatoms. The Morgan fingerprint density at radius 2 is 2.14 bits per heavy atom. The molecular weight excluding hydrogens is 280 g/mol. The van der Waals surface area contributed by atoms with Crippen molar-refractivity contribution in [1.29, 1.82) is 0 Å². The van der Waals surface area contributed by atoms with Gasteiger partial charge < -0.3 is 14.6 Å². The van der Waals surface area contributed by atoms with E-state index >= 15 is 0 Å². The Morgan fingerprint density at radius 3 is 2.76 bits per heavy atom. The van der Waals surface area contributed by atoms with Crippen LogP contribution in [-0.2, 0) is 4.74 Å². The van der Waals surface area contributed by atoms with Crippen molar-refractivity contribution in [2.24, 2.45) is 0 Å². The molecule has 0 atom stereocenters. The van der Waals surface area contributed by atoms with E-state index in [1.165, 1.54) is 18.2 Å². The monoisotopic (exact) mass is 296 g/mol. The number of ether oxygens (including phenoxy) is 2. The van der Waals surface area contributed by atoms with E-state index in [0.717, 1.165) is 13.1 Å². The summed E-state index contributed by atoms with van der Waals surface area (Å²) in [5.41, 5.74) is -0.539. The first kappa shape index (κ1) is 15.2. The second kappa shape index (κ2) is 7.00. The normalized spacial score (nSPS) is 15.6. The summed E-state index contributed by atoms with van der Waals surface area (Å²) in [4.78, 5) is 23.6. The molecule has 0 aromatic heterocycles. The highest BCUT2D eigenvalue weighted by atomic mass is 16.6. The largest absolute Gasteiger partial charge is 0.485 e. The van der Waals surface area contributed by atoms with Crippen LogP contribution in [0.5, 0.6) is 5.75 Å². The van der Waals surface area contributed by atoms with Gasteiger partial charge in [0.05, 0.1) is 18.1 Å². The molecule has 114 valence electrons. The number of benzene rings is 1. The summed E-state index contributed by atoms with van der Waals surface area (Å²) in [6.07, 6.45) is 0. The molecule has 1 N–H and O–H groups in total. The van der Waals surface area contributed by atoms with Gasteiger partial charge in [-0.1, -0.05) is 6.07 Å². The van der Waals surface area contributed by atoms with Gasteiger partial charge in [-0.3, -0.25) is 15.0 Å². The molecule has 2 rings (SSSR count). The standard InChI is InChI=1S/C13H16N2O6/c16-13(17)10-2-1-3-11(15(18)19)12(10)21-9-6-14-4-7-20-8-5-14/h1-3H,4-9H2,(H,16,17). The molecule has 0 amide bonds. The van der Waals surface area contributed by atoms with Gasteiger partial charge in [0.2, 0.25) is 5.75 Å². The SMILES string of the molecule is O=C(O)c1cccc([N+](=O)[O-])c1OCCN1CCOCC1. The van der Waals surface area contributed by atoms with Gasteiger partial charge in [-0.25, -0.2) is 4.79 Å². The first-order valence-electron chi connectivity index (χ1n) is 6.53. The summed E-state index contributed by atoms with van der Waals surface area (Å²) < 4.78 is 10.6. The molecular formula is C13H16N2O6. The number of carboxylic acid groups (broad SMARTS) is 1. The van der Waals surface area contributed by atoms with E-state index in [4.69, 9.17) is 14.6 Å². The van der Waals surface area contributed by atoms with E-state index in [1.54, 1.807) is 0 Å². The Bertz CT molecular complexity index is 495. The Labute approximate surface area is 121 Å². The Morgan fingerprint density at radius 1 is 1.43 bits per heavy atom. The van der Waals surface area contributed by atoms with E-state index in [9.17, 15) is 14.9 Å². The van der Waals surface area contributed by atoms with Gasteiger partial charge in [0.15, 0.2) is 0 Å². The minimum absolute atomic E-state index is 0.186. The fourth-order valence-electron chi connectivity index (χ4n) is 2.09. The van der Waals surface area contributed by atoms with E-state index in [0.29, 0.717) is 19.8 Å². The zero-order chi connectivity index (χ0) is 15.2. The van der Waals surface area contributed by atoms with Crippen molar-refractivity contribution in [2.75, 3.05) is 39.5 Å². The van der Waals surface area contributed by atoms with Crippen molar-refractivity contribution in [1.82, 2.24) is 4.90 Å². The van der Waals surface area contributed by atoms with Gasteiger partial charge in [0.25, 0.3) is 0 Å². The Kier molecular flexibility index (Phi) is 5.07. The summed E-state index contributed by atoms with van der Waals surface area (Å²) in [5.74, 6) is -1.44. The molecule has 1 saturated heterocycles. The maximum Gasteiger partial charge on any atom is 0.339 e. The number of carboxylic acids is 1. The summed E-state index contributed by atoms with van der Waals surface area (Å²) in [5, 5.41) is 20.1. The van der Waals surface area contributed by atoms with Crippen molar-refractivity contribution in [2.45, 2.75) is 0 Å². The molecule has 0 unspecified atom stereocenters. The molecule has 1 heterocycles. The number of hydrogen-bond acceptors (Lipinski definition) is 6. The van der Waals surface area contributed by atoms with Gasteiger partial charge in [-0.2, -0.15) is 0 Å². The Hall–Kier alpha value is -2.19. The first-order chi connectivity index (χ1) is 10.1. The number of nitro groups is 1. The van der Waals surface area contributed by atoms with Crippen molar-refractivity contribution in [3.05, 3.63) is 33.9 Å². The molecule has 8 nitrogen and oxygen atoms in total. The van der Waals surface area contributed by atoms with Crippen LogP contribution < -0.4 is 4.74 Å². The van der Waals surface area contributed by atoms with Crippen LogP contribution in [0.3, 0.4) is 0 Å². The van der Waals surface area contributed by atoms with Crippen LogP contribution in [0.4, 0.5) is 5.69 Å². The van der Waals surface area contributed by atoms with Gasteiger partial charge >= 0.3 is 11.7 Å². The topological polar surface area (TPSA) is 102 Å². The minimum Gasteiger partial charge on any atom is -0.485 e. The summed E-state index contributed by atoms with van der Waals surface area (Å²) in [7, 11) is 0. The molecule has 1 aromatic rings. The molecule has 0 bridgehead atoms. The van der Waals surface area contributed by atoms with Crippen LogP contribution in [0, 0.1) is 10.1 Å². The smallest absolute Gasteiger partial charge is 0.339 e. The average Bonchev–Trinajstić information content (AvgIpc) is 2.48. The highest BCUT2D eigenvalue weighted by molar-refractivity contribution is 5.92. The number of rotatable bonds is 6. The van der Waals surface area contributed by atoms with Gasteiger partial charge in [-0.05, 0) is 6.07 Å². The fourth-order valence-corrected chi connectivity index (χ4v) is 2.09. The van der Waals surface area contributed by atoms with E-state index < -0.39 is 10.9 Å². The lowest BCUT2D eigenvalue weighted by Gasteiger charge is -2.26. The van der Waals surface area contributed by atoms with Crippen molar-refractivity contribution in [3.63, 3.8) is 0 Å². The third-order valence-corrected chi connectivity index (χ3v) is 3.18. The maximum absolute atomic E-state index is 11.1. The van der Waals surface area contributed by atoms with E-state index in [2.05, 4.69) is 4.90 Å². The fraction of sp³-hybridized carbons (Fsp3) is 0.462. The van der Waals surface area contributed by atoms with Crippen LogP contribution in [0.15, 0.2) is 18.2 Å². The second-order valence-electron chi connectivity index (χ2n) is 4.52. The molecule has 1 aliphatic heterocycles. The summed E-state index contributed by atoms with van der Waals surface area (Å²) >= 11 is 0. The predicted octanol–water partition coefficient (Wildman–Crippen LogP) is 1.00. The maximum atomic E-state index is 11.1. The predicted molar refractivity (Wildman–Crippen MR) is 72.8 cm³/mol. The lowest BCUT2D eigenvalue weighted by atomic mass is 10.1. The zero-order valence-corrected chi connectivity index (χ0v) is 11.4. The van der Waals surface area contributed by atoms with Crippen LogP contribution in [0.2, 0.25) is 0 Å². The lowest BCUT2D eigenvalue weighted by molar-refractivity contribution is -0.385. The number of carbonyl (C=O) groups is 1. The van der Waals surface area contributed by atoms with Crippen molar-refractivity contribution in [3.8, 4) is 5.75 Å². The minimum atomic E-state index is -1.25. The molecule has 1 aliphatic rings. The zero-order valence-electron chi connectivity index (χ0n) is 11.4. The highest BCUT2D eigenvalue weighted by Crippen LogP contribution is 2.30. The van der Waals surface area contributed by atoms with Crippen LogP contribution in [0.1, 0.15) is 10.4 Å². The average molecular weight is 296 g/mol.